The van der Waals surface area contributed by atoms with E-state index in [9.17, 15) is 18.4 Å². The van der Waals surface area contributed by atoms with Crippen LogP contribution >= 0.6 is 0 Å². The number of anilines is 1. The average Bonchev–Trinajstić information content (AvgIpc) is 2.11. The molecule has 0 bridgehead atoms. The molecule has 1 aromatic carbocycles. The highest BCUT2D eigenvalue weighted by molar-refractivity contribution is 5.93. The molecule has 0 aliphatic rings. The molecule has 0 fully saturated rings. The predicted molar refractivity (Wildman–Crippen MR) is 47.6 cm³/mol. The number of hydrogen-bond donors (Lipinski definition) is 2. The maximum Gasteiger partial charge on any atom is 0.338 e. The van der Waals surface area contributed by atoms with E-state index in [0.717, 1.165) is 19.1 Å². The van der Waals surface area contributed by atoms with Crippen molar-refractivity contribution in [3.63, 3.8) is 0 Å². The van der Waals surface area contributed by atoms with Gasteiger partial charge in [-0.25, -0.2) is 13.6 Å². The van der Waals surface area contributed by atoms with E-state index in [0.29, 0.717) is 0 Å². The van der Waals surface area contributed by atoms with Crippen molar-refractivity contribution in [1.82, 2.24) is 0 Å². The Hall–Kier alpha value is -1.98. The third-order valence-corrected chi connectivity index (χ3v) is 1.62. The number of amides is 1. The third kappa shape index (κ3) is 2.28. The van der Waals surface area contributed by atoms with Crippen molar-refractivity contribution in [2.24, 2.45) is 0 Å². The van der Waals surface area contributed by atoms with E-state index in [-0.39, 0.29) is 0 Å². The maximum absolute atomic E-state index is 13.3. The number of carboxylic acids is 1. The fraction of sp³-hybridized carbons (Fsp3) is 0.111. The number of benzene rings is 1. The van der Waals surface area contributed by atoms with Gasteiger partial charge in [0.05, 0.1) is 5.56 Å². The number of rotatable bonds is 2. The molecule has 0 aliphatic heterocycles. The van der Waals surface area contributed by atoms with Crippen molar-refractivity contribution in [3.05, 3.63) is 29.3 Å². The first-order valence-electron chi connectivity index (χ1n) is 3.92. The number of nitrogens with one attached hydrogen (secondary N) is 1. The van der Waals surface area contributed by atoms with Crippen LogP contribution in [0.25, 0.3) is 0 Å². The summed E-state index contributed by atoms with van der Waals surface area (Å²) in [5.41, 5.74) is -1.44. The minimum Gasteiger partial charge on any atom is -0.478 e. The summed E-state index contributed by atoms with van der Waals surface area (Å²) in [6.07, 6.45) is 0. The second-order valence-electron chi connectivity index (χ2n) is 2.77. The Labute approximate surface area is 83.5 Å². The van der Waals surface area contributed by atoms with Crippen LogP contribution in [0.4, 0.5) is 14.5 Å². The number of hydrogen-bond acceptors (Lipinski definition) is 2. The van der Waals surface area contributed by atoms with Gasteiger partial charge in [-0.1, -0.05) is 0 Å². The van der Waals surface area contributed by atoms with Crippen LogP contribution in [-0.4, -0.2) is 17.0 Å². The SMILES string of the molecule is CC(=O)Nc1c(F)ccc(C(=O)O)c1F. The summed E-state index contributed by atoms with van der Waals surface area (Å²) in [5, 5.41) is 10.4. The van der Waals surface area contributed by atoms with Gasteiger partial charge in [-0.15, -0.1) is 0 Å². The van der Waals surface area contributed by atoms with Gasteiger partial charge in [0.2, 0.25) is 5.91 Å². The van der Waals surface area contributed by atoms with E-state index >= 15 is 0 Å². The molecule has 2 N–H and O–H groups in total. The summed E-state index contributed by atoms with van der Waals surface area (Å²) in [4.78, 5) is 21.1. The zero-order valence-corrected chi connectivity index (χ0v) is 7.67. The van der Waals surface area contributed by atoms with Crippen LogP contribution in [0.5, 0.6) is 0 Å². The van der Waals surface area contributed by atoms with Crippen LogP contribution in [0.2, 0.25) is 0 Å². The summed E-state index contributed by atoms with van der Waals surface area (Å²) in [6, 6.07) is 1.57. The molecule has 0 unspecified atom stereocenters. The first-order chi connectivity index (χ1) is 6.93. The summed E-state index contributed by atoms with van der Waals surface area (Å²) in [5.74, 6) is -4.53. The van der Waals surface area contributed by atoms with Crippen LogP contribution in [-0.2, 0) is 4.79 Å². The largest absolute Gasteiger partial charge is 0.478 e. The van der Waals surface area contributed by atoms with E-state index < -0.39 is 34.8 Å². The highest BCUT2D eigenvalue weighted by Crippen LogP contribution is 2.22. The van der Waals surface area contributed by atoms with Gasteiger partial charge in [0.25, 0.3) is 0 Å². The second kappa shape index (κ2) is 4.04. The normalized spacial score (nSPS) is 9.80. The van der Waals surface area contributed by atoms with Crippen LogP contribution in [0.3, 0.4) is 0 Å². The van der Waals surface area contributed by atoms with Crippen LogP contribution in [0.1, 0.15) is 17.3 Å². The zero-order chi connectivity index (χ0) is 11.6. The molecule has 0 saturated heterocycles. The molecular weight excluding hydrogens is 208 g/mol. The first kappa shape index (κ1) is 11.1. The number of carbonyl (C=O) groups is 2. The lowest BCUT2D eigenvalue weighted by atomic mass is 10.1. The average molecular weight is 215 g/mol. The molecule has 80 valence electrons. The topological polar surface area (TPSA) is 66.4 Å². The van der Waals surface area contributed by atoms with Gasteiger partial charge in [-0.2, -0.15) is 0 Å². The highest BCUT2D eigenvalue weighted by atomic mass is 19.1. The monoisotopic (exact) mass is 215 g/mol. The van der Waals surface area contributed by atoms with Crippen LogP contribution < -0.4 is 5.32 Å². The number of carbonyl (C=O) groups excluding carboxylic acids is 1. The van der Waals surface area contributed by atoms with Gasteiger partial charge in [0.1, 0.15) is 11.5 Å². The molecule has 1 amide bonds. The Kier molecular flexibility index (Phi) is 2.99. The molecule has 0 saturated carbocycles. The van der Waals surface area contributed by atoms with Gasteiger partial charge in [0.15, 0.2) is 5.82 Å². The molecule has 0 atom stereocenters. The Morgan fingerprint density at radius 2 is 1.93 bits per heavy atom. The van der Waals surface area contributed by atoms with Crippen LogP contribution in [0, 0.1) is 11.6 Å². The molecule has 15 heavy (non-hydrogen) atoms. The highest BCUT2D eigenvalue weighted by Gasteiger charge is 2.18. The minimum atomic E-state index is -1.53. The van der Waals surface area contributed by atoms with E-state index in [1.54, 1.807) is 0 Å². The number of halogens is 2. The second-order valence-corrected chi connectivity index (χ2v) is 2.77. The summed E-state index contributed by atoms with van der Waals surface area (Å²) >= 11 is 0. The lowest BCUT2D eigenvalue weighted by Crippen LogP contribution is -2.12. The molecule has 0 spiro atoms. The molecule has 0 radical (unpaired) electrons. The summed E-state index contributed by atoms with van der Waals surface area (Å²) in [6.45, 7) is 1.06. The molecule has 0 heterocycles. The predicted octanol–water partition coefficient (Wildman–Crippen LogP) is 1.62. The number of aromatic carboxylic acids is 1. The lowest BCUT2D eigenvalue weighted by molar-refractivity contribution is -0.114. The van der Waals surface area contributed by atoms with Gasteiger partial charge in [0, 0.05) is 6.92 Å². The van der Waals surface area contributed by atoms with Crippen molar-refractivity contribution < 1.29 is 23.5 Å². The quantitative estimate of drug-likeness (QED) is 0.787. The fourth-order valence-electron chi connectivity index (χ4n) is 1.01. The minimum absolute atomic E-state index is 0.685. The van der Waals surface area contributed by atoms with E-state index in [1.165, 1.54) is 0 Å². The molecule has 1 aromatic rings. The fourth-order valence-corrected chi connectivity index (χ4v) is 1.01. The Bertz CT molecular complexity index is 432. The van der Waals surface area contributed by atoms with E-state index in [4.69, 9.17) is 5.11 Å². The van der Waals surface area contributed by atoms with Crippen molar-refractivity contribution in [2.75, 3.05) is 5.32 Å². The Morgan fingerprint density at radius 3 is 2.40 bits per heavy atom. The van der Waals surface area contributed by atoms with Crippen molar-refractivity contribution in [1.29, 1.82) is 0 Å². The molecule has 0 aliphatic carbocycles. The summed E-state index contributed by atoms with van der Waals surface area (Å²) in [7, 11) is 0. The lowest BCUT2D eigenvalue weighted by Gasteiger charge is -2.06. The van der Waals surface area contributed by atoms with Gasteiger partial charge >= 0.3 is 5.97 Å². The Balaban J connectivity index is 3.29. The van der Waals surface area contributed by atoms with Crippen molar-refractivity contribution >= 4 is 17.6 Å². The molecule has 1 rings (SSSR count). The van der Waals surface area contributed by atoms with Crippen molar-refractivity contribution in [2.45, 2.75) is 6.92 Å². The number of carboxylic acid groups (broad SMARTS) is 1. The molecular formula is C9H7F2NO3. The maximum atomic E-state index is 13.3. The molecule has 6 heteroatoms. The molecule has 0 aromatic heterocycles. The van der Waals surface area contributed by atoms with Gasteiger partial charge < -0.3 is 10.4 Å². The first-order valence-corrected chi connectivity index (χ1v) is 3.92. The van der Waals surface area contributed by atoms with Crippen molar-refractivity contribution in [3.8, 4) is 0 Å². The smallest absolute Gasteiger partial charge is 0.338 e. The molecule has 4 nitrogen and oxygen atoms in total. The van der Waals surface area contributed by atoms with Gasteiger partial charge in [-0.05, 0) is 12.1 Å². The van der Waals surface area contributed by atoms with E-state index in [2.05, 4.69) is 0 Å². The standard InChI is InChI=1S/C9H7F2NO3/c1-4(13)12-8-6(10)3-2-5(7(8)11)9(14)15/h2-3H,1H3,(H,12,13)(H,14,15). The van der Waals surface area contributed by atoms with E-state index in [1.807, 2.05) is 5.32 Å². The zero-order valence-electron chi connectivity index (χ0n) is 7.67. The van der Waals surface area contributed by atoms with Crippen LogP contribution in [0.15, 0.2) is 12.1 Å². The Morgan fingerprint density at radius 1 is 1.33 bits per heavy atom. The van der Waals surface area contributed by atoms with Gasteiger partial charge in [-0.3, -0.25) is 4.79 Å². The summed E-state index contributed by atoms with van der Waals surface area (Å²) < 4.78 is 26.3. The third-order valence-electron chi connectivity index (χ3n) is 1.62.